The third-order valence-corrected chi connectivity index (χ3v) is 8.93. The fourth-order valence-corrected chi connectivity index (χ4v) is 7.78. The molecule has 190 valence electrons. The van der Waals surface area contributed by atoms with E-state index in [2.05, 4.69) is 15.4 Å². The van der Waals surface area contributed by atoms with Gasteiger partial charge in [0.15, 0.2) is 0 Å². The Morgan fingerprint density at radius 2 is 1.81 bits per heavy atom. The molecule has 1 saturated heterocycles. The molecule has 1 amide bonds. The van der Waals surface area contributed by atoms with Crippen molar-refractivity contribution in [1.29, 1.82) is 0 Å². The molecule has 0 aromatic heterocycles. The minimum atomic E-state index is -0.361. The van der Waals surface area contributed by atoms with Crippen LogP contribution in [0.4, 0.5) is 5.69 Å². The summed E-state index contributed by atoms with van der Waals surface area (Å²) in [5.41, 5.74) is 6.99. The predicted octanol–water partition coefficient (Wildman–Crippen LogP) is 4.68. The summed E-state index contributed by atoms with van der Waals surface area (Å²) in [6.07, 6.45) is 12.5. The van der Waals surface area contributed by atoms with E-state index in [1.54, 1.807) is 12.1 Å². The van der Waals surface area contributed by atoms with Crippen LogP contribution in [0.1, 0.15) is 56.9 Å². The molecule has 0 atom stereocenters. The van der Waals surface area contributed by atoms with Crippen LogP contribution in [0.25, 0.3) is 6.08 Å². The van der Waals surface area contributed by atoms with Gasteiger partial charge in [0.25, 0.3) is 5.69 Å². The first-order valence-electron chi connectivity index (χ1n) is 13.3. The number of nitrogens with one attached hydrogen (secondary N) is 1. The van der Waals surface area contributed by atoms with E-state index in [9.17, 15) is 14.9 Å². The molecule has 36 heavy (non-hydrogen) atoms. The molecule has 1 aromatic rings. The number of non-ortho nitro benzene ring substituents is 1. The SMILES string of the molecule is O=C(N/N=C\C1=C(N2CCOCC2)C(=C/c2cccc([N+](=O)[O-])c2)/CC1)C12CC3CC(CC(C3)C1)C2. The second-order valence-corrected chi connectivity index (χ2v) is 11.4. The van der Waals surface area contributed by atoms with Gasteiger partial charge in [0, 0.05) is 30.9 Å². The molecule has 6 aliphatic rings. The molecule has 1 aromatic carbocycles. The van der Waals surface area contributed by atoms with Crippen LogP contribution >= 0.6 is 0 Å². The minimum absolute atomic E-state index is 0.0911. The van der Waals surface area contributed by atoms with Crippen molar-refractivity contribution in [3.8, 4) is 0 Å². The molecule has 1 N–H and O–H groups in total. The second kappa shape index (κ2) is 9.47. The van der Waals surface area contributed by atoms with Crippen LogP contribution in [-0.4, -0.2) is 48.2 Å². The van der Waals surface area contributed by atoms with Crippen molar-refractivity contribution in [2.45, 2.75) is 51.4 Å². The number of carbonyl (C=O) groups is 1. The van der Waals surface area contributed by atoms with Crippen molar-refractivity contribution >= 4 is 23.9 Å². The molecule has 5 fully saturated rings. The number of nitro benzene ring substituents is 1. The van der Waals surface area contributed by atoms with Crippen LogP contribution in [0.3, 0.4) is 0 Å². The molecule has 1 aliphatic heterocycles. The average Bonchev–Trinajstić information content (AvgIpc) is 3.26. The van der Waals surface area contributed by atoms with Gasteiger partial charge in [0.05, 0.1) is 29.8 Å². The zero-order valence-corrected chi connectivity index (χ0v) is 20.7. The normalized spacial score (nSPS) is 32.6. The zero-order valence-electron chi connectivity index (χ0n) is 20.7. The van der Waals surface area contributed by atoms with E-state index < -0.39 is 0 Å². The van der Waals surface area contributed by atoms with Gasteiger partial charge in [0.2, 0.25) is 5.91 Å². The number of rotatable bonds is 6. The van der Waals surface area contributed by atoms with Gasteiger partial charge in [-0.1, -0.05) is 12.1 Å². The van der Waals surface area contributed by atoms with Crippen LogP contribution in [-0.2, 0) is 9.53 Å². The largest absolute Gasteiger partial charge is 0.378 e. The first-order chi connectivity index (χ1) is 17.5. The lowest BCUT2D eigenvalue weighted by atomic mass is 9.49. The lowest BCUT2D eigenvalue weighted by molar-refractivity contribution is -0.384. The highest BCUT2D eigenvalue weighted by Gasteiger charge is 2.54. The van der Waals surface area contributed by atoms with Gasteiger partial charge in [-0.15, -0.1) is 0 Å². The quantitative estimate of drug-likeness (QED) is 0.355. The molecule has 4 saturated carbocycles. The van der Waals surface area contributed by atoms with Crippen LogP contribution in [0.2, 0.25) is 0 Å². The van der Waals surface area contributed by atoms with Gasteiger partial charge in [-0.2, -0.15) is 5.10 Å². The number of ether oxygens (including phenoxy) is 1. The summed E-state index contributed by atoms with van der Waals surface area (Å²) in [4.78, 5) is 26.5. The molecular weight excluding hydrogens is 456 g/mol. The summed E-state index contributed by atoms with van der Waals surface area (Å²) < 4.78 is 5.57. The molecule has 8 heteroatoms. The molecule has 0 spiro atoms. The Bertz CT molecular complexity index is 1110. The summed E-state index contributed by atoms with van der Waals surface area (Å²) >= 11 is 0. The standard InChI is InChI=1S/C28H34N4O4/c33-27(28-15-20-10-21(16-28)12-22(11-20)17-28)30-29-18-24-5-4-23(26(24)31-6-8-36-9-7-31)13-19-2-1-3-25(14-19)32(34)35/h1-3,13-14,18,20-22H,4-12,15-17H2,(H,30,33)/b23-13+,29-18-. The third kappa shape index (κ3) is 4.47. The van der Waals surface area contributed by atoms with Gasteiger partial charge in [-0.3, -0.25) is 14.9 Å². The first-order valence-corrected chi connectivity index (χ1v) is 13.3. The number of hydrogen-bond donors (Lipinski definition) is 1. The highest BCUT2D eigenvalue weighted by Crippen LogP contribution is 2.60. The summed E-state index contributed by atoms with van der Waals surface area (Å²) in [5, 5.41) is 15.7. The van der Waals surface area contributed by atoms with E-state index in [0.29, 0.717) is 13.2 Å². The first kappa shape index (κ1) is 23.4. The average molecular weight is 491 g/mol. The van der Waals surface area contributed by atoms with Crippen molar-refractivity contribution in [2.24, 2.45) is 28.3 Å². The molecule has 1 heterocycles. The van der Waals surface area contributed by atoms with E-state index in [1.807, 2.05) is 18.4 Å². The fourth-order valence-electron chi connectivity index (χ4n) is 7.78. The Balaban J connectivity index is 1.23. The number of hydrazone groups is 1. The molecule has 5 aliphatic carbocycles. The van der Waals surface area contributed by atoms with Crippen molar-refractivity contribution in [3.63, 3.8) is 0 Å². The smallest absolute Gasteiger partial charge is 0.270 e. The molecule has 0 unspecified atom stereocenters. The number of carbonyl (C=O) groups excluding carboxylic acids is 1. The van der Waals surface area contributed by atoms with Crippen LogP contribution < -0.4 is 5.43 Å². The summed E-state index contributed by atoms with van der Waals surface area (Å²) in [6, 6.07) is 6.75. The number of nitro groups is 1. The van der Waals surface area contributed by atoms with E-state index in [1.165, 1.54) is 25.3 Å². The Hall–Kier alpha value is -3.00. The monoisotopic (exact) mass is 490 g/mol. The molecule has 7 rings (SSSR count). The maximum atomic E-state index is 13.3. The third-order valence-electron chi connectivity index (χ3n) is 8.93. The zero-order chi connectivity index (χ0) is 24.7. The highest BCUT2D eigenvalue weighted by atomic mass is 16.6. The van der Waals surface area contributed by atoms with Gasteiger partial charge >= 0.3 is 0 Å². The predicted molar refractivity (Wildman–Crippen MR) is 137 cm³/mol. The number of morpholine rings is 1. The lowest BCUT2D eigenvalue weighted by Crippen LogP contribution is -2.52. The van der Waals surface area contributed by atoms with E-state index >= 15 is 0 Å². The maximum Gasteiger partial charge on any atom is 0.270 e. The second-order valence-electron chi connectivity index (χ2n) is 11.4. The van der Waals surface area contributed by atoms with Gasteiger partial charge in [-0.25, -0.2) is 5.43 Å². The molecular formula is C28H34N4O4. The minimum Gasteiger partial charge on any atom is -0.378 e. The Kier molecular flexibility index (Phi) is 6.15. The summed E-state index contributed by atoms with van der Waals surface area (Å²) in [6.45, 7) is 2.92. The summed E-state index contributed by atoms with van der Waals surface area (Å²) in [7, 11) is 0. The Labute approximate surface area is 211 Å². The van der Waals surface area contributed by atoms with E-state index in [0.717, 1.165) is 85.4 Å². The lowest BCUT2D eigenvalue weighted by Gasteiger charge is -2.55. The van der Waals surface area contributed by atoms with Crippen molar-refractivity contribution in [2.75, 3.05) is 26.3 Å². The number of hydrogen-bond acceptors (Lipinski definition) is 6. The molecule has 4 bridgehead atoms. The van der Waals surface area contributed by atoms with E-state index in [-0.39, 0.29) is 21.9 Å². The van der Waals surface area contributed by atoms with Gasteiger partial charge < -0.3 is 9.64 Å². The van der Waals surface area contributed by atoms with Gasteiger partial charge in [-0.05, 0) is 91.9 Å². The maximum absolute atomic E-state index is 13.3. The Morgan fingerprint density at radius 1 is 1.11 bits per heavy atom. The fraction of sp³-hybridized carbons (Fsp3) is 0.571. The van der Waals surface area contributed by atoms with Crippen molar-refractivity contribution in [1.82, 2.24) is 10.3 Å². The van der Waals surface area contributed by atoms with Crippen LogP contribution in [0.5, 0.6) is 0 Å². The molecule has 8 nitrogen and oxygen atoms in total. The van der Waals surface area contributed by atoms with E-state index in [4.69, 9.17) is 4.74 Å². The number of nitrogens with zero attached hydrogens (tertiary/aromatic N) is 3. The van der Waals surface area contributed by atoms with Gasteiger partial charge in [0.1, 0.15) is 0 Å². The number of amides is 1. The van der Waals surface area contributed by atoms with Crippen LogP contribution in [0.15, 0.2) is 46.2 Å². The number of benzene rings is 1. The van der Waals surface area contributed by atoms with Crippen molar-refractivity contribution < 1.29 is 14.5 Å². The topological polar surface area (TPSA) is 97.1 Å². The number of allylic oxidation sites excluding steroid dienone is 2. The molecule has 0 radical (unpaired) electrons. The van der Waals surface area contributed by atoms with Crippen LogP contribution in [0, 0.1) is 33.3 Å². The summed E-state index contributed by atoms with van der Waals surface area (Å²) in [5.74, 6) is 2.27. The Morgan fingerprint density at radius 3 is 2.47 bits per heavy atom. The highest BCUT2D eigenvalue weighted by molar-refractivity contribution is 5.87. The van der Waals surface area contributed by atoms with Crippen molar-refractivity contribution in [3.05, 3.63) is 56.8 Å².